The summed E-state index contributed by atoms with van der Waals surface area (Å²) < 4.78 is 18.2. The maximum Gasteiger partial charge on any atom is 0.255 e. The molecule has 1 fully saturated rings. The fourth-order valence-corrected chi connectivity index (χ4v) is 6.57. The smallest absolute Gasteiger partial charge is 0.255 e. The molecule has 2 aliphatic rings. The van der Waals surface area contributed by atoms with Crippen LogP contribution in [0.3, 0.4) is 0 Å². The minimum Gasteiger partial charge on any atom is -0.493 e. The molecule has 3 aromatic carbocycles. The van der Waals surface area contributed by atoms with Crippen LogP contribution in [-0.4, -0.2) is 56.6 Å². The molecule has 1 saturated heterocycles. The van der Waals surface area contributed by atoms with E-state index in [-0.39, 0.29) is 28.7 Å². The first kappa shape index (κ1) is 31.4. The molecule has 2 N–H and O–H groups in total. The number of carbonyl (C=O) groups is 3. The number of aromatic nitrogens is 1. The number of hydrogen-bond donors (Lipinski definition) is 2. The number of Topliss-reactive ketones (excluding diaryl/α,β-unsaturated/α-hetero) is 1. The van der Waals surface area contributed by atoms with Crippen molar-refractivity contribution in [3.8, 4) is 17.2 Å². The summed E-state index contributed by atoms with van der Waals surface area (Å²) in [5.41, 5.74) is 3.75. The zero-order valence-electron chi connectivity index (χ0n) is 26.7. The Hall–Kier alpha value is -5.58. The first-order chi connectivity index (χ1) is 22.7. The average molecular weight is 637 g/mol. The van der Waals surface area contributed by atoms with E-state index in [9.17, 15) is 19.2 Å². The summed E-state index contributed by atoms with van der Waals surface area (Å²) in [5.74, 6) is 0.436. The molecule has 0 aliphatic carbocycles. The number of rotatable bonds is 9. The van der Waals surface area contributed by atoms with E-state index in [0.29, 0.717) is 59.4 Å². The van der Waals surface area contributed by atoms with Gasteiger partial charge in [-0.15, -0.1) is 0 Å². The molecule has 1 aromatic heterocycles. The Labute approximate surface area is 272 Å². The van der Waals surface area contributed by atoms with Crippen molar-refractivity contribution in [3.63, 3.8) is 0 Å². The number of nitrogens with one attached hydrogen (secondary N) is 2. The third-order valence-corrected chi connectivity index (χ3v) is 8.78. The fraction of sp³-hybridized carbons (Fsp3) is 0.278. The molecule has 2 amide bonds. The summed E-state index contributed by atoms with van der Waals surface area (Å²) in [6.45, 7) is 3.40. The van der Waals surface area contributed by atoms with Crippen molar-refractivity contribution in [2.75, 3.05) is 50.0 Å². The highest BCUT2D eigenvalue weighted by molar-refractivity contribution is 6.10. The second-order valence-electron chi connectivity index (χ2n) is 11.8. The van der Waals surface area contributed by atoms with Crippen LogP contribution in [0.1, 0.15) is 56.0 Å². The second-order valence-corrected chi connectivity index (χ2v) is 11.8. The lowest BCUT2D eigenvalue weighted by Crippen LogP contribution is -2.47. The van der Waals surface area contributed by atoms with Crippen LogP contribution in [0.4, 0.5) is 17.1 Å². The maximum absolute atomic E-state index is 13.8. The van der Waals surface area contributed by atoms with Crippen LogP contribution in [0.15, 0.2) is 77.6 Å². The van der Waals surface area contributed by atoms with Crippen molar-refractivity contribution >= 4 is 34.7 Å². The summed E-state index contributed by atoms with van der Waals surface area (Å²) in [4.78, 5) is 53.9. The highest BCUT2D eigenvalue weighted by atomic mass is 16.5. The van der Waals surface area contributed by atoms with E-state index in [1.54, 1.807) is 60.7 Å². The third-order valence-electron chi connectivity index (χ3n) is 8.78. The Balaban J connectivity index is 1.35. The zero-order valence-corrected chi connectivity index (χ0v) is 26.7. The van der Waals surface area contributed by atoms with Crippen molar-refractivity contribution in [3.05, 3.63) is 106 Å². The predicted molar refractivity (Wildman–Crippen MR) is 179 cm³/mol. The van der Waals surface area contributed by atoms with Gasteiger partial charge in [-0.25, -0.2) is 0 Å². The Kier molecular flexibility index (Phi) is 8.71. The molecule has 0 radical (unpaired) electrons. The Morgan fingerprint density at radius 3 is 2.17 bits per heavy atom. The normalized spacial score (nSPS) is 16.5. The molecule has 6 rings (SSSR count). The molecule has 2 atom stereocenters. The van der Waals surface area contributed by atoms with Gasteiger partial charge in [-0.3, -0.25) is 19.2 Å². The molecule has 242 valence electrons. The van der Waals surface area contributed by atoms with Gasteiger partial charge >= 0.3 is 0 Å². The number of anilines is 3. The Morgan fingerprint density at radius 2 is 1.47 bits per heavy atom. The number of benzene rings is 3. The van der Waals surface area contributed by atoms with Gasteiger partial charge in [0.05, 0.1) is 32.7 Å². The molecule has 4 aromatic rings. The Bertz CT molecular complexity index is 1910. The lowest BCUT2D eigenvalue weighted by Gasteiger charge is -2.44. The van der Waals surface area contributed by atoms with E-state index >= 15 is 0 Å². The van der Waals surface area contributed by atoms with Gasteiger partial charge in [0.2, 0.25) is 5.75 Å². The molecule has 3 heterocycles. The minimum atomic E-state index is -0.439. The van der Waals surface area contributed by atoms with Crippen LogP contribution >= 0.6 is 0 Å². The van der Waals surface area contributed by atoms with E-state index in [1.807, 2.05) is 16.7 Å². The summed E-state index contributed by atoms with van der Waals surface area (Å²) in [5, 5.41) is 5.89. The van der Waals surface area contributed by atoms with Gasteiger partial charge in [0.1, 0.15) is 0 Å². The van der Waals surface area contributed by atoms with Crippen molar-refractivity contribution in [2.24, 2.45) is 5.92 Å². The van der Waals surface area contributed by atoms with Gasteiger partial charge in [0.15, 0.2) is 17.3 Å². The number of ether oxygens (including phenoxy) is 3. The van der Waals surface area contributed by atoms with Gasteiger partial charge in [0.25, 0.3) is 17.4 Å². The van der Waals surface area contributed by atoms with Crippen LogP contribution in [0, 0.1) is 5.92 Å². The van der Waals surface area contributed by atoms with Crippen molar-refractivity contribution in [1.82, 2.24) is 4.57 Å². The lowest BCUT2D eigenvalue weighted by atomic mass is 9.83. The summed E-state index contributed by atoms with van der Waals surface area (Å²) >= 11 is 0. The third kappa shape index (κ3) is 6.29. The van der Waals surface area contributed by atoms with Crippen LogP contribution in [0.5, 0.6) is 17.2 Å². The molecular formula is C36H36N4O7. The topological polar surface area (TPSA) is 128 Å². The quantitative estimate of drug-likeness (QED) is 0.240. The first-order valence-electron chi connectivity index (χ1n) is 15.3. The van der Waals surface area contributed by atoms with Gasteiger partial charge in [-0.1, -0.05) is 18.2 Å². The van der Waals surface area contributed by atoms with Crippen molar-refractivity contribution < 1.29 is 28.6 Å². The molecule has 47 heavy (non-hydrogen) atoms. The van der Waals surface area contributed by atoms with E-state index < -0.39 is 11.8 Å². The van der Waals surface area contributed by atoms with E-state index in [4.69, 9.17) is 14.2 Å². The number of ketones is 1. The molecular weight excluding hydrogens is 600 g/mol. The summed E-state index contributed by atoms with van der Waals surface area (Å²) in [7, 11) is 4.44. The summed E-state index contributed by atoms with van der Waals surface area (Å²) in [6.07, 6.45) is 0.965. The molecule has 0 spiro atoms. The lowest BCUT2D eigenvalue weighted by molar-refractivity contribution is 0.101. The number of pyridine rings is 1. The Morgan fingerprint density at radius 1 is 0.745 bits per heavy atom. The van der Waals surface area contributed by atoms with Gasteiger partial charge in [-0.05, 0) is 67.8 Å². The molecule has 11 nitrogen and oxygen atoms in total. The van der Waals surface area contributed by atoms with Gasteiger partial charge in [0, 0.05) is 59.7 Å². The molecule has 11 heteroatoms. The number of nitrogens with zero attached hydrogens (tertiary/aromatic N) is 2. The number of piperidine rings is 1. The predicted octanol–water partition coefficient (Wildman–Crippen LogP) is 5.21. The van der Waals surface area contributed by atoms with Gasteiger partial charge < -0.3 is 34.3 Å². The maximum atomic E-state index is 13.8. The fourth-order valence-electron chi connectivity index (χ4n) is 6.57. The van der Waals surface area contributed by atoms with Crippen molar-refractivity contribution in [1.29, 1.82) is 0 Å². The van der Waals surface area contributed by atoms with E-state index in [1.165, 1.54) is 28.3 Å². The highest BCUT2D eigenvalue weighted by Crippen LogP contribution is 2.41. The number of hydrogen-bond acceptors (Lipinski definition) is 8. The number of fused-ring (bicyclic) bond motifs is 4. The van der Waals surface area contributed by atoms with Crippen LogP contribution in [-0.2, 0) is 6.54 Å². The van der Waals surface area contributed by atoms with Crippen LogP contribution in [0.2, 0.25) is 0 Å². The minimum absolute atomic E-state index is 0.00755. The van der Waals surface area contributed by atoms with Crippen LogP contribution < -0.4 is 35.3 Å². The molecule has 0 unspecified atom stereocenters. The average Bonchev–Trinajstić information content (AvgIpc) is 3.08. The SMILES string of the molecule is COc1cc(C(=O)Nc2cc(C(=O)Nc3cccc(C(C)=O)c3)ccc2N2C[C@H]3C[C@@H](C2)c2cccc(=O)n2C3)cc(OC)c1OC. The molecule has 2 bridgehead atoms. The summed E-state index contributed by atoms with van der Waals surface area (Å²) in [6, 6.07) is 20.5. The van der Waals surface area contributed by atoms with Crippen molar-refractivity contribution in [2.45, 2.75) is 25.8 Å². The van der Waals surface area contributed by atoms with E-state index in [2.05, 4.69) is 15.5 Å². The highest BCUT2D eigenvalue weighted by Gasteiger charge is 2.35. The van der Waals surface area contributed by atoms with Crippen LogP contribution in [0.25, 0.3) is 0 Å². The monoisotopic (exact) mass is 636 g/mol. The standard InChI is InChI=1S/C36H36N4O7/c1-21(41)23-7-5-8-27(14-23)37-35(43)24-11-12-30(39-18-22-13-26(20-39)29-9-6-10-33(42)40(29)19-22)28(15-24)38-36(44)25-16-31(45-2)34(47-4)32(17-25)46-3/h5-12,14-17,22,26H,13,18-20H2,1-4H3,(H,37,43)(H,38,44)/t22-,26+/m1/s1. The molecule has 2 aliphatic heterocycles. The first-order valence-corrected chi connectivity index (χ1v) is 15.3. The number of carbonyl (C=O) groups excluding carboxylic acids is 3. The number of amides is 2. The zero-order chi connectivity index (χ0) is 33.2. The number of methoxy groups -OCH3 is 3. The second kappa shape index (κ2) is 13.0. The van der Waals surface area contributed by atoms with E-state index in [0.717, 1.165) is 17.8 Å². The largest absolute Gasteiger partial charge is 0.493 e. The van der Waals surface area contributed by atoms with Gasteiger partial charge in [-0.2, -0.15) is 0 Å². The molecule has 0 saturated carbocycles.